The maximum Gasteiger partial charge on any atom is 0.160 e. The number of anilines is 1. The van der Waals surface area contributed by atoms with Gasteiger partial charge < -0.3 is 10.1 Å². The largest absolute Gasteiger partial charge is 0.396 e. The highest BCUT2D eigenvalue weighted by Crippen LogP contribution is 2.30. The molecule has 0 radical (unpaired) electrons. The minimum absolute atomic E-state index is 0.727. The second-order valence-corrected chi connectivity index (χ2v) is 5.89. The Labute approximate surface area is 124 Å². The number of benzene rings is 1. The van der Waals surface area contributed by atoms with Crippen LogP contribution >= 0.6 is 0 Å². The first kappa shape index (κ1) is 12.5. The summed E-state index contributed by atoms with van der Waals surface area (Å²) >= 11 is 0. The zero-order chi connectivity index (χ0) is 14.4. The van der Waals surface area contributed by atoms with Crippen LogP contribution in [0.2, 0.25) is 0 Å². The maximum absolute atomic E-state index is 6.04. The number of nitrogen functional groups attached to an aromatic ring is 1. The van der Waals surface area contributed by atoms with Gasteiger partial charge in [0, 0.05) is 17.5 Å². The summed E-state index contributed by atoms with van der Waals surface area (Å²) in [4.78, 5) is 4.77. The van der Waals surface area contributed by atoms with Gasteiger partial charge in [0.15, 0.2) is 5.65 Å². The van der Waals surface area contributed by atoms with E-state index in [1.807, 2.05) is 18.3 Å². The lowest BCUT2D eigenvalue weighted by molar-refractivity contribution is 0.686. The van der Waals surface area contributed by atoms with Crippen LogP contribution in [0, 0.1) is 6.92 Å². The Hall–Kier alpha value is -2.29. The zero-order valence-electron chi connectivity index (χ0n) is 12.3. The fourth-order valence-corrected chi connectivity index (χ4v) is 3.36. The molecule has 0 amide bonds. The molecular formula is C18H19N3. The summed E-state index contributed by atoms with van der Waals surface area (Å²) in [6.45, 7) is 2.11. The number of fused-ring (bicyclic) bond motifs is 2. The summed E-state index contributed by atoms with van der Waals surface area (Å²) in [5.41, 5.74) is 14.0. The first-order valence-corrected chi connectivity index (χ1v) is 7.59. The third-order valence-corrected chi connectivity index (χ3v) is 4.54. The Kier molecular flexibility index (Phi) is 2.74. The predicted octanol–water partition coefficient (Wildman–Crippen LogP) is 3.77. The quantitative estimate of drug-likeness (QED) is 0.735. The molecule has 1 aliphatic rings. The number of aryl methyl sites for hydroxylation is 3. The molecule has 1 aromatic carbocycles. The SMILES string of the molecule is Cc1c(-c2ccc3c(c2)CCCC3)nc2c(N)cccn12. The molecule has 0 bridgehead atoms. The van der Waals surface area contributed by atoms with Crippen molar-refractivity contribution in [3.05, 3.63) is 53.3 Å². The molecule has 2 N–H and O–H groups in total. The molecule has 21 heavy (non-hydrogen) atoms. The van der Waals surface area contributed by atoms with E-state index in [2.05, 4.69) is 29.5 Å². The number of hydrogen-bond donors (Lipinski definition) is 1. The first-order chi connectivity index (χ1) is 10.2. The van der Waals surface area contributed by atoms with Gasteiger partial charge in [-0.2, -0.15) is 0 Å². The molecule has 3 heteroatoms. The van der Waals surface area contributed by atoms with E-state index in [4.69, 9.17) is 10.7 Å². The molecule has 0 unspecified atom stereocenters. The van der Waals surface area contributed by atoms with Crippen LogP contribution in [0.15, 0.2) is 36.5 Å². The summed E-state index contributed by atoms with van der Waals surface area (Å²) < 4.78 is 2.07. The Morgan fingerprint density at radius 2 is 1.90 bits per heavy atom. The fourth-order valence-electron chi connectivity index (χ4n) is 3.36. The zero-order valence-corrected chi connectivity index (χ0v) is 12.3. The molecule has 4 rings (SSSR count). The highest BCUT2D eigenvalue weighted by Gasteiger charge is 2.15. The van der Waals surface area contributed by atoms with Crippen LogP contribution in [0.4, 0.5) is 5.69 Å². The van der Waals surface area contributed by atoms with Gasteiger partial charge in [-0.15, -0.1) is 0 Å². The van der Waals surface area contributed by atoms with Gasteiger partial charge in [0.05, 0.1) is 11.4 Å². The highest BCUT2D eigenvalue weighted by molar-refractivity contribution is 5.73. The van der Waals surface area contributed by atoms with E-state index in [-0.39, 0.29) is 0 Å². The molecule has 3 nitrogen and oxygen atoms in total. The minimum Gasteiger partial charge on any atom is -0.396 e. The van der Waals surface area contributed by atoms with Crippen molar-refractivity contribution in [1.29, 1.82) is 0 Å². The minimum atomic E-state index is 0.727. The van der Waals surface area contributed by atoms with E-state index in [0.717, 1.165) is 22.7 Å². The number of nitrogens with two attached hydrogens (primary N) is 1. The third-order valence-electron chi connectivity index (χ3n) is 4.54. The van der Waals surface area contributed by atoms with E-state index >= 15 is 0 Å². The molecule has 1 aliphatic carbocycles. The molecule has 2 heterocycles. The monoisotopic (exact) mass is 277 g/mol. The van der Waals surface area contributed by atoms with Gasteiger partial charge in [-0.3, -0.25) is 0 Å². The molecule has 2 aromatic heterocycles. The lowest BCUT2D eigenvalue weighted by Crippen LogP contribution is -2.02. The predicted molar refractivity (Wildman–Crippen MR) is 86.4 cm³/mol. The average molecular weight is 277 g/mol. The Balaban J connectivity index is 1.90. The van der Waals surface area contributed by atoms with Gasteiger partial charge in [0.2, 0.25) is 0 Å². The summed E-state index contributed by atoms with van der Waals surface area (Å²) in [5, 5.41) is 0. The lowest BCUT2D eigenvalue weighted by atomic mass is 9.90. The second kappa shape index (κ2) is 4.62. The molecular weight excluding hydrogens is 258 g/mol. The molecule has 0 saturated carbocycles. The highest BCUT2D eigenvalue weighted by atomic mass is 15.0. The van der Waals surface area contributed by atoms with Crippen molar-refractivity contribution < 1.29 is 0 Å². The number of nitrogens with zero attached hydrogens (tertiary/aromatic N) is 2. The van der Waals surface area contributed by atoms with Gasteiger partial charge in [-0.1, -0.05) is 12.1 Å². The smallest absolute Gasteiger partial charge is 0.160 e. The van der Waals surface area contributed by atoms with Crippen molar-refractivity contribution >= 4 is 11.3 Å². The normalized spacial score (nSPS) is 14.3. The summed E-state index contributed by atoms with van der Waals surface area (Å²) in [5.74, 6) is 0. The van der Waals surface area contributed by atoms with E-state index in [1.165, 1.54) is 42.4 Å². The molecule has 0 atom stereocenters. The standard InChI is InChI=1S/C18H19N3/c1-12-17(20-18-16(19)7-4-10-21(12)18)15-9-8-13-5-2-3-6-14(13)11-15/h4,7-11H,2-3,5-6,19H2,1H3. The van der Waals surface area contributed by atoms with E-state index < -0.39 is 0 Å². The van der Waals surface area contributed by atoms with E-state index in [0.29, 0.717) is 0 Å². The first-order valence-electron chi connectivity index (χ1n) is 7.59. The summed E-state index contributed by atoms with van der Waals surface area (Å²) in [7, 11) is 0. The Morgan fingerprint density at radius 1 is 1.10 bits per heavy atom. The van der Waals surface area contributed by atoms with Crippen LogP contribution in [0.25, 0.3) is 16.9 Å². The van der Waals surface area contributed by atoms with E-state index in [1.54, 1.807) is 0 Å². The number of aromatic nitrogens is 2. The lowest BCUT2D eigenvalue weighted by Gasteiger charge is -2.16. The molecule has 0 saturated heterocycles. The molecule has 0 spiro atoms. The topological polar surface area (TPSA) is 43.3 Å². The maximum atomic E-state index is 6.04. The summed E-state index contributed by atoms with van der Waals surface area (Å²) in [6, 6.07) is 10.7. The van der Waals surface area contributed by atoms with Crippen LogP contribution in [-0.4, -0.2) is 9.38 Å². The van der Waals surface area contributed by atoms with Crippen LogP contribution in [-0.2, 0) is 12.8 Å². The molecule has 0 aliphatic heterocycles. The Morgan fingerprint density at radius 3 is 2.71 bits per heavy atom. The van der Waals surface area contributed by atoms with Crippen LogP contribution in [0.3, 0.4) is 0 Å². The molecule has 0 fully saturated rings. The average Bonchev–Trinajstić information content (AvgIpc) is 2.86. The van der Waals surface area contributed by atoms with Crippen LogP contribution in [0.1, 0.15) is 29.7 Å². The number of hydrogen-bond acceptors (Lipinski definition) is 2. The van der Waals surface area contributed by atoms with Gasteiger partial charge in [-0.25, -0.2) is 4.98 Å². The number of imidazole rings is 1. The number of rotatable bonds is 1. The van der Waals surface area contributed by atoms with Gasteiger partial charge >= 0.3 is 0 Å². The van der Waals surface area contributed by atoms with Gasteiger partial charge in [0.1, 0.15) is 0 Å². The summed E-state index contributed by atoms with van der Waals surface area (Å²) in [6.07, 6.45) is 7.05. The number of pyridine rings is 1. The van der Waals surface area contributed by atoms with Crippen molar-refractivity contribution in [2.45, 2.75) is 32.6 Å². The van der Waals surface area contributed by atoms with Crippen molar-refractivity contribution in [3.63, 3.8) is 0 Å². The van der Waals surface area contributed by atoms with Crippen LogP contribution in [0.5, 0.6) is 0 Å². The van der Waals surface area contributed by atoms with Crippen molar-refractivity contribution in [1.82, 2.24) is 9.38 Å². The van der Waals surface area contributed by atoms with Crippen molar-refractivity contribution in [3.8, 4) is 11.3 Å². The van der Waals surface area contributed by atoms with Crippen LogP contribution < -0.4 is 5.73 Å². The van der Waals surface area contributed by atoms with Gasteiger partial charge in [0.25, 0.3) is 0 Å². The van der Waals surface area contributed by atoms with Crippen molar-refractivity contribution in [2.75, 3.05) is 5.73 Å². The fraction of sp³-hybridized carbons (Fsp3) is 0.278. The van der Waals surface area contributed by atoms with Crippen molar-refractivity contribution in [2.24, 2.45) is 0 Å². The second-order valence-electron chi connectivity index (χ2n) is 5.89. The third kappa shape index (κ3) is 1.92. The van der Waals surface area contributed by atoms with Gasteiger partial charge in [-0.05, 0) is 61.9 Å². The molecule has 106 valence electrons. The van der Waals surface area contributed by atoms with E-state index in [9.17, 15) is 0 Å². The molecule has 3 aromatic rings. The Bertz CT molecular complexity index is 830.